The molecule has 27 heavy (non-hydrogen) atoms. The molecule has 1 unspecified atom stereocenters. The van der Waals surface area contributed by atoms with Gasteiger partial charge in [-0.3, -0.25) is 4.79 Å². The number of ether oxygens (including phenoxy) is 1. The van der Waals surface area contributed by atoms with Crippen LogP contribution in [-0.4, -0.2) is 38.8 Å². The number of nitrogens with zero attached hydrogens (tertiary/aromatic N) is 1. The SMILES string of the molecule is COc1ccc(N)c(NC(=O)C2CCCN(S(=O)(=O)c3ccccc3)C2)c1. The van der Waals surface area contributed by atoms with E-state index in [1.807, 2.05) is 0 Å². The van der Waals surface area contributed by atoms with Gasteiger partial charge in [0.15, 0.2) is 0 Å². The lowest BCUT2D eigenvalue weighted by Gasteiger charge is -2.31. The number of carbonyl (C=O) groups excluding carboxylic acids is 1. The number of piperidine rings is 1. The zero-order valence-electron chi connectivity index (χ0n) is 15.1. The molecule has 2 aromatic carbocycles. The topological polar surface area (TPSA) is 102 Å². The second kappa shape index (κ2) is 7.98. The van der Waals surface area contributed by atoms with Crippen molar-refractivity contribution in [3.05, 3.63) is 48.5 Å². The lowest BCUT2D eigenvalue weighted by Crippen LogP contribution is -2.43. The first-order valence-electron chi connectivity index (χ1n) is 8.71. The van der Waals surface area contributed by atoms with Crippen molar-refractivity contribution in [1.82, 2.24) is 4.31 Å². The Kier molecular flexibility index (Phi) is 5.67. The van der Waals surface area contributed by atoms with Crippen molar-refractivity contribution >= 4 is 27.3 Å². The lowest BCUT2D eigenvalue weighted by atomic mass is 9.98. The van der Waals surface area contributed by atoms with E-state index in [4.69, 9.17) is 10.5 Å². The van der Waals surface area contributed by atoms with Gasteiger partial charge < -0.3 is 15.8 Å². The van der Waals surface area contributed by atoms with Crippen LogP contribution in [0.2, 0.25) is 0 Å². The van der Waals surface area contributed by atoms with Gasteiger partial charge in [-0.15, -0.1) is 0 Å². The zero-order chi connectivity index (χ0) is 19.4. The highest BCUT2D eigenvalue weighted by Gasteiger charge is 2.33. The third-order valence-electron chi connectivity index (χ3n) is 4.65. The third kappa shape index (κ3) is 4.23. The number of benzene rings is 2. The zero-order valence-corrected chi connectivity index (χ0v) is 15.9. The van der Waals surface area contributed by atoms with Crippen molar-refractivity contribution in [3.63, 3.8) is 0 Å². The fourth-order valence-electron chi connectivity index (χ4n) is 3.12. The van der Waals surface area contributed by atoms with Crippen molar-refractivity contribution in [2.24, 2.45) is 5.92 Å². The number of nitrogens with one attached hydrogen (secondary N) is 1. The highest BCUT2D eigenvalue weighted by atomic mass is 32.2. The summed E-state index contributed by atoms with van der Waals surface area (Å²) in [5, 5.41) is 2.80. The van der Waals surface area contributed by atoms with Crippen LogP contribution in [0.15, 0.2) is 53.4 Å². The molecule has 3 N–H and O–H groups in total. The van der Waals surface area contributed by atoms with Crippen LogP contribution in [-0.2, 0) is 14.8 Å². The molecule has 0 spiro atoms. The molecule has 3 rings (SSSR count). The molecular formula is C19H23N3O4S. The Labute approximate surface area is 159 Å². The third-order valence-corrected chi connectivity index (χ3v) is 6.53. The highest BCUT2D eigenvalue weighted by molar-refractivity contribution is 7.89. The summed E-state index contributed by atoms with van der Waals surface area (Å²) in [4.78, 5) is 12.9. The number of carbonyl (C=O) groups is 1. The molecular weight excluding hydrogens is 366 g/mol. The second-order valence-corrected chi connectivity index (χ2v) is 8.40. The van der Waals surface area contributed by atoms with Gasteiger partial charge in [0.1, 0.15) is 5.75 Å². The second-order valence-electron chi connectivity index (χ2n) is 6.46. The summed E-state index contributed by atoms with van der Waals surface area (Å²) in [7, 11) is -2.08. The van der Waals surface area contributed by atoms with Gasteiger partial charge in [-0.2, -0.15) is 4.31 Å². The van der Waals surface area contributed by atoms with E-state index in [-0.39, 0.29) is 17.3 Å². The summed E-state index contributed by atoms with van der Waals surface area (Å²) in [6.45, 7) is 0.551. The first-order valence-corrected chi connectivity index (χ1v) is 10.2. The standard InChI is InChI=1S/C19H23N3O4S/c1-26-15-9-10-17(20)18(12-15)21-19(23)14-6-5-11-22(13-14)27(24,25)16-7-3-2-4-8-16/h2-4,7-10,12,14H,5-6,11,13,20H2,1H3,(H,21,23). The summed E-state index contributed by atoms with van der Waals surface area (Å²) in [6.07, 6.45) is 1.24. The molecule has 0 saturated carbocycles. The number of nitrogen functional groups attached to an aromatic ring is 1. The molecule has 0 radical (unpaired) electrons. The maximum Gasteiger partial charge on any atom is 0.243 e. The molecule has 1 fully saturated rings. The summed E-state index contributed by atoms with van der Waals surface area (Å²) < 4.78 is 32.2. The molecule has 1 aliphatic rings. The molecule has 0 aromatic heterocycles. The molecule has 1 amide bonds. The number of methoxy groups -OCH3 is 1. The van der Waals surface area contributed by atoms with Crippen molar-refractivity contribution < 1.29 is 17.9 Å². The minimum absolute atomic E-state index is 0.146. The fraction of sp³-hybridized carbons (Fsp3) is 0.316. The van der Waals surface area contributed by atoms with Gasteiger partial charge in [0.25, 0.3) is 0 Å². The van der Waals surface area contributed by atoms with E-state index >= 15 is 0 Å². The molecule has 144 valence electrons. The van der Waals surface area contributed by atoms with Crippen LogP contribution < -0.4 is 15.8 Å². The summed E-state index contributed by atoms with van der Waals surface area (Å²) >= 11 is 0. The Hall–Kier alpha value is -2.58. The Morgan fingerprint density at radius 1 is 1.22 bits per heavy atom. The van der Waals surface area contributed by atoms with E-state index in [0.717, 1.165) is 0 Å². The van der Waals surface area contributed by atoms with E-state index in [9.17, 15) is 13.2 Å². The number of hydrogen-bond donors (Lipinski definition) is 2. The van der Waals surface area contributed by atoms with Crippen molar-refractivity contribution in [2.75, 3.05) is 31.2 Å². The van der Waals surface area contributed by atoms with Gasteiger partial charge in [0, 0.05) is 19.2 Å². The Morgan fingerprint density at radius 3 is 2.67 bits per heavy atom. The molecule has 1 atom stereocenters. The van der Waals surface area contributed by atoms with E-state index < -0.39 is 15.9 Å². The van der Waals surface area contributed by atoms with Crippen molar-refractivity contribution in [1.29, 1.82) is 0 Å². The minimum Gasteiger partial charge on any atom is -0.497 e. The molecule has 8 heteroatoms. The van der Waals surface area contributed by atoms with Crippen molar-refractivity contribution in [3.8, 4) is 5.75 Å². The summed E-state index contributed by atoms with van der Waals surface area (Å²) in [6, 6.07) is 13.3. The van der Waals surface area contributed by atoms with Gasteiger partial charge in [-0.25, -0.2) is 8.42 Å². The monoisotopic (exact) mass is 389 g/mol. The Balaban J connectivity index is 1.74. The average molecular weight is 389 g/mol. The summed E-state index contributed by atoms with van der Waals surface area (Å²) in [5.41, 5.74) is 6.80. The molecule has 0 aliphatic carbocycles. The van der Waals surface area contributed by atoms with Crippen LogP contribution >= 0.6 is 0 Å². The minimum atomic E-state index is -3.61. The first kappa shape index (κ1) is 19.2. The van der Waals surface area contributed by atoms with Crippen LogP contribution in [0.4, 0.5) is 11.4 Å². The molecule has 7 nitrogen and oxygen atoms in total. The quantitative estimate of drug-likeness (QED) is 0.764. The van der Waals surface area contributed by atoms with Crippen LogP contribution in [0.1, 0.15) is 12.8 Å². The number of rotatable bonds is 5. The maximum atomic E-state index is 12.8. The predicted octanol–water partition coefficient (Wildman–Crippen LogP) is 2.32. The first-order chi connectivity index (χ1) is 12.9. The molecule has 1 saturated heterocycles. The Morgan fingerprint density at radius 2 is 1.96 bits per heavy atom. The van der Waals surface area contributed by atoms with Gasteiger partial charge >= 0.3 is 0 Å². The maximum absolute atomic E-state index is 12.8. The number of nitrogens with two attached hydrogens (primary N) is 1. The van der Waals surface area contributed by atoms with Crippen molar-refractivity contribution in [2.45, 2.75) is 17.7 Å². The average Bonchev–Trinajstić information content (AvgIpc) is 2.70. The van der Waals surface area contributed by atoms with E-state index in [2.05, 4.69) is 5.32 Å². The van der Waals surface area contributed by atoms with Gasteiger partial charge in [-0.05, 0) is 37.1 Å². The lowest BCUT2D eigenvalue weighted by molar-refractivity contribution is -0.120. The number of amides is 1. The van der Waals surface area contributed by atoms with Crippen LogP contribution in [0.3, 0.4) is 0 Å². The predicted molar refractivity (Wildman–Crippen MR) is 104 cm³/mol. The molecule has 1 heterocycles. The van der Waals surface area contributed by atoms with Crippen LogP contribution in [0.5, 0.6) is 5.75 Å². The normalized spacial score (nSPS) is 18.0. The van der Waals surface area contributed by atoms with Crippen LogP contribution in [0, 0.1) is 5.92 Å². The van der Waals surface area contributed by atoms with Crippen LogP contribution in [0.25, 0.3) is 0 Å². The van der Waals surface area contributed by atoms with E-state index in [1.165, 1.54) is 11.4 Å². The smallest absolute Gasteiger partial charge is 0.243 e. The fourth-order valence-corrected chi connectivity index (χ4v) is 4.67. The van der Waals surface area contributed by atoms with E-state index in [1.54, 1.807) is 48.5 Å². The molecule has 0 bridgehead atoms. The number of hydrogen-bond acceptors (Lipinski definition) is 5. The van der Waals surface area contributed by atoms with Gasteiger partial charge in [0.05, 0.1) is 29.3 Å². The highest BCUT2D eigenvalue weighted by Crippen LogP contribution is 2.28. The van der Waals surface area contributed by atoms with Gasteiger partial charge in [0.2, 0.25) is 15.9 Å². The number of anilines is 2. The summed E-state index contributed by atoms with van der Waals surface area (Å²) in [5.74, 6) is -0.109. The largest absolute Gasteiger partial charge is 0.497 e. The molecule has 1 aliphatic heterocycles. The Bertz CT molecular complexity index is 916. The van der Waals surface area contributed by atoms with E-state index in [0.29, 0.717) is 36.5 Å². The molecule has 2 aromatic rings. The van der Waals surface area contributed by atoms with Gasteiger partial charge in [-0.1, -0.05) is 18.2 Å². The number of sulfonamides is 1.